The van der Waals surface area contributed by atoms with E-state index >= 15 is 0 Å². The topological polar surface area (TPSA) is 128 Å². The van der Waals surface area contributed by atoms with Gasteiger partial charge in [0.1, 0.15) is 17.2 Å². The van der Waals surface area contributed by atoms with Gasteiger partial charge in [0.15, 0.2) is 14.1 Å². The molecule has 3 N–H and O–H groups in total. The van der Waals surface area contributed by atoms with Gasteiger partial charge in [-0.2, -0.15) is 0 Å². The number of ether oxygens (including phenoxy) is 1. The molecule has 1 heterocycles. The van der Waals surface area contributed by atoms with Gasteiger partial charge in [0.05, 0.1) is 24.7 Å². The van der Waals surface area contributed by atoms with Crippen molar-refractivity contribution in [3.05, 3.63) is 70.8 Å². The van der Waals surface area contributed by atoms with Gasteiger partial charge in [-0.25, -0.2) is 13.6 Å². The smallest absolute Gasteiger partial charge is 0.411 e. The van der Waals surface area contributed by atoms with Gasteiger partial charge in [-0.15, -0.1) is 0 Å². The Morgan fingerprint density at radius 3 is 2.16 bits per heavy atom. The number of benzene rings is 2. The predicted molar refractivity (Wildman–Crippen MR) is 165 cm³/mol. The van der Waals surface area contributed by atoms with Crippen LogP contribution in [0, 0.1) is 11.6 Å². The largest absolute Gasteiger partial charge is 0.444 e. The van der Waals surface area contributed by atoms with Crippen LogP contribution in [0.1, 0.15) is 74.2 Å². The SMILES string of the molecule is CC(C)(C)OC(=O)N1CC(=O)C[C@@H]1[C@@H](O[Si](C)(C)C(C)(C)C)[C@H](Cc1cc(F)cc(F)c1)NC(=O)c1cccc(C(N)=O)c1. The van der Waals surface area contributed by atoms with Crippen LogP contribution >= 0.6 is 0 Å². The molecule has 0 radical (unpaired) electrons. The Morgan fingerprint density at radius 2 is 1.61 bits per heavy atom. The number of hydrogen-bond donors (Lipinski definition) is 2. The number of carbonyl (C=O) groups excluding carboxylic acids is 4. The maximum absolute atomic E-state index is 14.3. The summed E-state index contributed by atoms with van der Waals surface area (Å²) in [6, 6.07) is 7.05. The monoisotopic (exact) mass is 631 g/mol. The van der Waals surface area contributed by atoms with Gasteiger partial charge in [-0.05, 0) is 81.2 Å². The van der Waals surface area contributed by atoms with Crippen molar-refractivity contribution in [3.63, 3.8) is 0 Å². The maximum Gasteiger partial charge on any atom is 0.411 e. The van der Waals surface area contributed by atoms with Crippen LogP contribution in [-0.4, -0.2) is 67.2 Å². The summed E-state index contributed by atoms with van der Waals surface area (Å²) in [5, 5.41) is 2.61. The highest BCUT2D eigenvalue weighted by molar-refractivity contribution is 6.74. The molecule has 2 aromatic carbocycles. The summed E-state index contributed by atoms with van der Waals surface area (Å²) in [5.74, 6) is -3.14. The van der Waals surface area contributed by atoms with Crippen molar-refractivity contribution in [1.82, 2.24) is 10.2 Å². The number of rotatable bonds is 9. The van der Waals surface area contributed by atoms with E-state index in [1.165, 1.54) is 29.2 Å². The molecular weight excluding hydrogens is 588 g/mol. The Kier molecular flexibility index (Phi) is 10.4. The van der Waals surface area contributed by atoms with E-state index in [0.717, 1.165) is 18.2 Å². The number of primary amides is 1. The summed E-state index contributed by atoms with van der Waals surface area (Å²) in [6.07, 6.45) is -1.86. The van der Waals surface area contributed by atoms with E-state index in [1.807, 2.05) is 33.9 Å². The van der Waals surface area contributed by atoms with Crippen LogP contribution in [0.15, 0.2) is 42.5 Å². The first kappa shape index (κ1) is 34.8. The van der Waals surface area contributed by atoms with E-state index in [-0.39, 0.29) is 46.9 Å². The third-order valence-electron chi connectivity index (χ3n) is 7.93. The zero-order valence-electron chi connectivity index (χ0n) is 26.6. The first-order valence-electron chi connectivity index (χ1n) is 14.5. The molecule has 0 saturated carbocycles. The molecule has 1 saturated heterocycles. The number of likely N-dealkylation sites (tertiary alicyclic amines) is 1. The van der Waals surface area contributed by atoms with E-state index in [4.69, 9.17) is 14.9 Å². The lowest BCUT2D eigenvalue weighted by atomic mass is 9.94. The molecule has 0 aliphatic carbocycles. The Hall–Kier alpha value is -3.64. The lowest BCUT2D eigenvalue weighted by Gasteiger charge is -2.45. The highest BCUT2D eigenvalue weighted by Crippen LogP contribution is 2.39. The molecule has 0 spiro atoms. The summed E-state index contributed by atoms with van der Waals surface area (Å²) >= 11 is 0. The number of Topliss-reactive ketones (excluding diaryl/α,β-unsaturated/α-hetero) is 1. The van der Waals surface area contributed by atoms with Gasteiger partial charge in [-0.3, -0.25) is 19.3 Å². The van der Waals surface area contributed by atoms with Crippen LogP contribution in [0.2, 0.25) is 18.1 Å². The average molecular weight is 632 g/mol. The van der Waals surface area contributed by atoms with Crippen molar-refractivity contribution in [2.45, 2.75) is 96.3 Å². The molecule has 1 aliphatic heterocycles. The zero-order valence-corrected chi connectivity index (χ0v) is 27.6. The lowest BCUT2D eigenvalue weighted by Crippen LogP contribution is -2.60. The summed E-state index contributed by atoms with van der Waals surface area (Å²) in [5.41, 5.74) is 5.04. The van der Waals surface area contributed by atoms with E-state index in [1.54, 1.807) is 20.8 Å². The van der Waals surface area contributed by atoms with Crippen molar-refractivity contribution in [1.29, 1.82) is 0 Å². The van der Waals surface area contributed by atoms with Crippen LogP contribution in [0.4, 0.5) is 13.6 Å². The molecule has 0 aromatic heterocycles. The van der Waals surface area contributed by atoms with Gasteiger partial charge < -0.3 is 20.2 Å². The van der Waals surface area contributed by atoms with Crippen LogP contribution in [0.25, 0.3) is 0 Å². The molecule has 9 nitrogen and oxygen atoms in total. The fourth-order valence-corrected chi connectivity index (χ4v) is 6.13. The normalized spacial score (nSPS) is 17.3. The highest BCUT2D eigenvalue weighted by atomic mass is 28.4. The van der Waals surface area contributed by atoms with Crippen LogP contribution < -0.4 is 11.1 Å². The van der Waals surface area contributed by atoms with Gasteiger partial charge in [0.25, 0.3) is 5.91 Å². The Morgan fingerprint density at radius 1 is 1.02 bits per heavy atom. The van der Waals surface area contributed by atoms with E-state index in [0.29, 0.717) is 0 Å². The average Bonchev–Trinajstić information content (AvgIpc) is 3.26. The molecule has 12 heteroatoms. The van der Waals surface area contributed by atoms with Crippen LogP contribution in [-0.2, 0) is 20.4 Å². The second-order valence-electron chi connectivity index (χ2n) is 13.8. The van der Waals surface area contributed by atoms with Crippen molar-refractivity contribution in [3.8, 4) is 0 Å². The first-order valence-corrected chi connectivity index (χ1v) is 17.4. The molecule has 3 rings (SSSR count). The van der Waals surface area contributed by atoms with Gasteiger partial charge >= 0.3 is 6.09 Å². The minimum Gasteiger partial charge on any atom is -0.444 e. The number of nitrogens with one attached hydrogen (secondary N) is 1. The van der Waals surface area contributed by atoms with Crippen molar-refractivity contribution in [2.24, 2.45) is 5.73 Å². The first-order chi connectivity index (χ1) is 20.2. The van der Waals surface area contributed by atoms with Crippen molar-refractivity contribution >= 4 is 32.0 Å². The van der Waals surface area contributed by atoms with E-state index < -0.39 is 61.6 Å². The van der Waals surface area contributed by atoms with Gasteiger partial charge in [0, 0.05) is 23.6 Å². The molecule has 1 aliphatic rings. The van der Waals surface area contributed by atoms with Gasteiger partial charge in [-0.1, -0.05) is 26.8 Å². The molecule has 1 fully saturated rings. The summed E-state index contributed by atoms with van der Waals surface area (Å²) in [7, 11) is -2.68. The fourth-order valence-electron chi connectivity index (χ4n) is 4.77. The highest BCUT2D eigenvalue weighted by Gasteiger charge is 2.49. The number of halogens is 2. The maximum atomic E-state index is 14.3. The fraction of sp³-hybridized carbons (Fsp3) is 0.500. The lowest BCUT2D eigenvalue weighted by molar-refractivity contribution is -0.117. The number of ketones is 1. The number of carbonyl (C=O) groups is 4. The summed E-state index contributed by atoms with van der Waals surface area (Å²) < 4.78 is 41.2. The quantitative estimate of drug-likeness (QED) is 0.358. The third-order valence-corrected chi connectivity index (χ3v) is 12.4. The third kappa shape index (κ3) is 8.95. The van der Waals surface area contributed by atoms with Crippen LogP contribution in [0.5, 0.6) is 0 Å². The number of nitrogens with two attached hydrogens (primary N) is 1. The molecule has 44 heavy (non-hydrogen) atoms. The minimum absolute atomic E-state index is 0.0699. The van der Waals surface area contributed by atoms with E-state index in [2.05, 4.69) is 5.32 Å². The van der Waals surface area contributed by atoms with Crippen molar-refractivity contribution < 1.29 is 37.1 Å². The Balaban J connectivity index is 2.16. The number of hydrogen-bond acceptors (Lipinski definition) is 6. The van der Waals surface area contributed by atoms with Gasteiger partial charge in [0.2, 0.25) is 5.91 Å². The molecule has 3 atom stereocenters. The molecule has 0 unspecified atom stereocenters. The Bertz CT molecular complexity index is 1400. The standard InChI is InChI=1S/C32H43F2N3O6Si/c1-31(2,3)42-30(41)37-18-24(38)17-26(37)27(43-44(7,8)32(4,5)6)25(14-19-12-22(33)16-23(34)13-19)36-29(40)21-11-9-10-20(15-21)28(35)39/h9-13,15-16,25-27H,14,17-18H2,1-8H3,(H2,35,39)(H,36,40)/t25-,26+,27-/m0/s1. The predicted octanol–water partition coefficient (Wildman–Crippen LogP) is 5.37. The molecule has 240 valence electrons. The molecule has 3 amide bonds. The van der Waals surface area contributed by atoms with E-state index in [9.17, 15) is 28.0 Å². The second-order valence-corrected chi connectivity index (χ2v) is 18.5. The van der Waals surface area contributed by atoms with Crippen molar-refractivity contribution in [2.75, 3.05) is 6.54 Å². The second kappa shape index (κ2) is 13.2. The summed E-state index contributed by atoms with van der Waals surface area (Å²) in [6.45, 7) is 15.0. The Labute approximate surface area is 258 Å². The number of amides is 3. The molecule has 2 aromatic rings. The zero-order chi connectivity index (χ0) is 33.2. The molecular formula is C32H43F2N3O6Si. The summed E-state index contributed by atoms with van der Waals surface area (Å²) in [4.78, 5) is 53.0. The number of nitrogens with zero attached hydrogens (tertiary/aromatic N) is 1. The van der Waals surface area contributed by atoms with Crippen LogP contribution in [0.3, 0.4) is 0 Å². The minimum atomic E-state index is -2.68. The molecule has 0 bridgehead atoms.